The number of amides is 1. The molecule has 0 saturated heterocycles. The Morgan fingerprint density at radius 3 is 2.96 bits per heavy atom. The summed E-state index contributed by atoms with van der Waals surface area (Å²) in [5, 5.41) is 2.88. The van der Waals surface area contributed by atoms with E-state index in [1.165, 1.54) is 6.39 Å². The molecule has 1 atom stereocenters. The molecular weight excluding hydrogens is 308 g/mol. The summed E-state index contributed by atoms with van der Waals surface area (Å²) in [5.41, 5.74) is 2.33. The topological polar surface area (TPSA) is 73.6 Å². The number of hydrogen-bond acceptors (Lipinski definition) is 5. The zero-order valence-corrected chi connectivity index (χ0v) is 14.4. The Kier molecular flexibility index (Phi) is 4.46. The van der Waals surface area contributed by atoms with E-state index in [2.05, 4.69) is 10.3 Å². The fourth-order valence-corrected chi connectivity index (χ4v) is 2.90. The molecule has 0 fully saturated rings. The van der Waals surface area contributed by atoms with E-state index in [0.717, 1.165) is 29.0 Å². The zero-order chi connectivity index (χ0) is 17.3. The smallest absolute Gasteiger partial charge is 0.273 e. The lowest BCUT2D eigenvalue weighted by molar-refractivity contribution is 0.0943. The van der Waals surface area contributed by atoms with Gasteiger partial charge in [0.1, 0.15) is 23.4 Å². The van der Waals surface area contributed by atoms with Gasteiger partial charge in [0, 0.05) is 30.0 Å². The highest BCUT2D eigenvalue weighted by Crippen LogP contribution is 2.35. The standard InChI is InChI=1S/C18H22N2O4/c1-10(2)17-16(20-9-23-17)18(21)19-8-13-7-15-12(5-11(3)24-15)6-14(13)22-4/h6-7,9-11H,5,8H2,1-4H3,(H,19,21). The van der Waals surface area contributed by atoms with Crippen molar-refractivity contribution < 1.29 is 18.7 Å². The fourth-order valence-electron chi connectivity index (χ4n) is 2.90. The molecule has 1 N–H and O–H groups in total. The van der Waals surface area contributed by atoms with Gasteiger partial charge in [-0.05, 0) is 19.1 Å². The Morgan fingerprint density at radius 1 is 1.46 bits per heavy atom. The molecule has 6 nitrogen and oxygen atoms in total. The van der Waals surface area contributed by atoms with E-state index in [1.807, 2.05) is 32.9 Å². The van der Waals surface area contributed by atoms with Gasteiger partial charge < -0.3 is 19.2 Å². The second-order valence-electron chi connectivity index (χ2n) is 6.31. The number of aromatic nitrogens is 1. The number of nitrogens with zero attached hydrogens (tertiary/aromatic N) is 1. The molecule has 0 aliphatic carbocycles. The maximum Gasteiger partial charge on any atom is 0.273 e. The maximum absolute atomic E-state index is 12.4. The molecule has 0 bridgehead atoms. The first-order valence-electron chi connectivity index (χ1n) is 8.07. The Labute approximate surface area is 141 Å². The SMILES string of the molecule is COc1cc2c(cc1CNC(=O)c1ncoc1C(C)C)OC(C)C2. The predicted octanol–water partition coefficient (Wildman–Crippen LogP) is 3.06. The Balaban J connectivity index is 1.76. The summed E-state index contributed by atoms with van der Waals surface area (Å²) < 4.78 is 16.5. The number of hydrogen-bond donors (Lipinski definition) is 1. The molecule has 2 aromatic rings. The van der Waals surface area contributed by atoms with Gasteiger partial charge in [0.15, 0.2) is 12.1 Å². The number of carbonyl (C=O) groups excluding carboxylic acids is 1. The van der Waals surface area contributed by atoms with E-state index in [9.17, 15) is 4.79 Å². The minimum atomic E-state index is -0.260. The molecule has 2 heterocycles. The highest BCUT2D eigenvalue weighted by molar-refractivity contribution is 5.93. The monoisotopic (exact) mass is 330 g/mol. The average Bonchev–Trinajstić information content (AvgIpc) is 3.16. The summed E-state index contributed by atoms with van der Waals surface area (Å²) in [6.45, 7) is 6.28. The lowest BCUT2D eigenvalue weighted by Crippen LogP contribution is -2.24. The molecule has 1 unspecified atom stereocenters. The normalized spacial score (nSPS) is 16.0. The Hall–Kier alpha value is -2.50. The summed E-state index contributed by atoms with van der Waals surface area (Å²) in [5.74, 6) is 2.03. The molecule has 128 valence electrons. The molecule has 0 saturated carbocycles. The van der Waals surface area contributed by atoms with Crippen molar-refractivity contribution in [1.82, 2.24) is 10.3 Å². The summed E-state index contributed by atoms with van der Waals surface area (Å²) in [6.07, 6.45) is 2.34. The van der Waals surface area contributed by atoms with E-state index in [1.54, 1.807) is 7.11 Å². The van der Waals surface area contributed by atoms with Crippen LogP contribution in [0.2, 0.25) is 0 Å². The lowest BCUT2D eigenvalue weighted by Gasteiger charge is -2.12. The number of fused-ring (bicyclic) bond motifs is 1. The van der Waals surface area contributed by atoms with Gasteiger partial charge in [-0.15, -0.1) is 0 Å². The molecule has 24 heavy (non-hydrogen) atoms. The van der Waals surface area contributed by atoms with Gasteiger partial charge in [-0.25, -0.2) is 4.98 Å². The van der Waals surface area contributed by atoms with Gasteiger partial charge >= 0.3 is 0 Å². The number of carbonyl (C=O) groups is 1. The fraction of sp³-hybridized carbons (Fsp3) is 0.444. The van der Waals surface area contributed by atoms with Crippen LogP contribution in [0.1, 0.15) is 54.1 Å². The largest absolute Gasteiger partial charge is 0.496 e. The molecule has 1 aliphatic rings. The van der Waals surface area contributed by atoms with Crippen LogP contribution >= 0.6 is 0 Å². The van der Waals surface area contributed by atoms with E-state index in [4.69, 9.17) is 13.9 Å². The second-order valence-corrected chi connectivity index (χ2v) is 6.31. The molecule has 6 heteroatoms. The predicted molar refractivity (Wildman–Crippen MR) is 88.6 cm³/mol. The number of oxazole rings is 1. The van der Waals surface area contributed by atoms with E-state index >= 15 is 0 Å². The van der Waals surface area contributed by atoms with E-state index < -0.39 is 0 Å². The summed E-state index contributed by atoms with van der Waals surface area (Å²) >= 11 is 0. The van der Waals surface area contributed by atoms with Crippen molar-refractivity contribution in [2.75, 3.05) is 7.11 Å². The van der Waals surface area contributed by atoms with Gasteiger partial charge in [0.2, 0.25) is 0 Å². The minimum absolute atomic E-state index is 0.0951. The average molecular weight is 330 g/mol. The van der Waals surface area contributed by atoms with Gasteiger partial charge in [0.25, 0.3) is 5.91 Å². The van der Waals surface area contributed by atoms with Crippen molar-refractivity contribution in [1.29, 1.82) is 0 Å². The third kappa shape index (κ3) is 3.09. The highest BCUT2D eigenvalue weighted by Gasteiger charge is 2.23. The van der Waals surface area contributed by atoms with Crippen LogP contribution in [0.5, 0.6) is 11.5 Å². The number of nitrogens with one attached hydrogen (secondary N) is 1. The number of methoxy groups -OCH3 is 1. The number of rotatable bonds is 5. The number of benzene rings is 1. The first-order valence-corrected chi connectivity index (χ1v) is 8.07. The summed E-state index contributed by atoms with van der Waals surface area (Å²) in [6, 6.07) is 3.92. The molecule has 0 radical (unpaired) electrons. The molecule has 1 aliphatic heterocycles. The van der Waals surface area contributed by atoms with E-state index in [0.29, 0.717) is 18.0 Å². The molecule has 1 amide bonds. The van der Waals surface area contributed by atoms with Crippen LogP contribution in [-0.2, 0) is 13.0 Å². The van der Waals surface area contributed by atoms with Crippen molar-refractivity contribution in [2.45, 2.75) is 45.8 Å². The Morgan fingerprint density at radius 2 is 2.25 bits per heavy atom. The molecular formula is C18H22N2O4. The van der Waals surface area contributed by atoms with Crippen LogP contribution in [0.3, 0.4) is 0 Å². The van der Waals surface area contributed by atoms with Crippen LogP contribution in [0.15, 0.2) is 22.9 Å². The summed E-state index contributed by atoms with van der Waals surface area (Å²) in [7, 11) is 1.63. The van der Waals surface area contributed by atoms with Crippen LogP contribution in [0.4, 0.5) is 0 Å². The second kappa shape index (κ2) is 6.55. The lowest BCUT2D eigenvalue weighted by atomic mass is 10.1. The summed E-state index contributed by atoms with van der Waals surface area (Å²) in [4.78, 5) is 16.4. The highest BCUT2D eigenvalue weighted by atomic mass is 16.5. The van der Waals surface area contributed by atoms with Crippen molar-refractivity contribution in [3.05, 3.63) is 41.1 Å². The van der Waals surface area contributed by atoms with Gasteiger partial charge in [-0.3, -0.25) is 4.79 Å². The molecule has 1 aromatic carbocycles. The first-order chi connectivity index (χ1) is 11.5. The number of ether oxygens (including phenoxy) is 2. The van der Waals surface area contributed by atoms with Gasteiger partial charge in [-0.2, -0.15) is 0 Å². The van der Waals surface area contributed by atoms with Crippen molar-refractivity contribution in [3.8, 4) is 11.5 Å². The van der Waals surface area contributed by atoms with Crippen molar-refractivity contribution in [2.24, 2.45) is 0 Å². The third-order valence-electron chi connectivity index (χ3n) is 4.07. The molecule has 0 spiro atoms. The zero-order valence-electron chi connectivity index (χ0n) is 14.4. The molecule has 1 aromatic heterocycles. The van der Waals surface area contributed by atoms with Gasteiger partial charge in [0.05, 0.1) is 7.11 Å². The minimum Gasteiger partial charge on any atom is -0.496 e. The van der Waals surface area contributed by atoms with Gasteiger partial charge in [-0.1, -0.05) is 13.8 Å². The quantitative estimate of drug-likeness (QED) is 0.912. The van der Waals surface area contributed by atoms with Crippen molar-refractivity contribution in [3.63, 3.8) is 0 Å². The van der Waals surface area contributed by atoms with Crippen LogP contribution in [-0.4, -0.2) is 24.1 Å². The first kappa shape index (κ1) is 16.4. The molecule has 3 rings (SSSR count). The Bertz CT molecular complexity index is 751. The van der Waals surface area contributed by atoms with Crippen LogP contribution < -0.4 is 14.8 Å². The third-order valence-corrected chi connectivity index (χ3v) is 4.07. The van der Waals surface area contributed by atoms with Crippen LogP contribution in [0.25, 0.3) is 0 Å². The van der Waals surface area contributed by atoms with Crippen LogP contribution in [0, 0.1) is 0 Å². The van der Waals surface area contributed by atoms with E-state index in [-0.39, 0.29) is 17.9 Å². The maximum atomic E-state index is 12.4. The van der Waals surface area contributed by atoms with Crippen molar-refractivity contribution >= 4 is 5.91 Å².